The average molecular weight is 351 g/mol. The van der Waals surface area contributed by atoms with Gasteiger partial charge in [-0.05, 0) is 36.8 Å². The molecule has 124 valence electrons. The lowest BCUT2D eigenvalue weighted by Crippen LogP contribution is -2.06. The highest BCUT2D eigenvalue weighted by Crippen LogP contribution is 2.29. The molecule has 1 atom stereocenters. The number of hydrogen-bond donors (Lipinski definition) is 1. The van der Waals surface area contributed by atoms with Gasteiger partial charge in [0.2, 0.25) is 5.03 Å². The molecule has 0 aliphatic rings. The second kappa shape index (κ2) is 6.15. The second-order valence-electron chi connectivity index (χ2n) is 5.38. The molecule has 0 saturated heterocycles. The van der Waals surface area contributed by atoms with Crippen molar-refractivity contribution in [1.82, 2.24) is 24.6 Å². The van der Waals surface area contributed by atoms with Crippen LogP contribution in [0.15, 0.2) is 65.0 Å². The quantitative estimate of drug-likeness (QED) is 0.569. The van der Waals surface area contributed by atoms with Gasteiger partial charge in [0.1, 0.15) is 6.33 Å². The predicted octanol–water partition coefficient (Wildman–Crippen LogP) is 2.37. The molecule has 1 N–H and O–H groups in total. The van der Waals surface area contributed by atoms with E-state index in [1.165, 1.54) is 10.8 Å². The summed E-state index contributed by atoms with van der Waals surface area (Å²) in [6, 6.07) is 10.7. The molecule has 7 nitrogen and oxygen atoms in total. The minimum Gasteiger partial charge on any atom is -0.605 e. The van der Waals surface area contributed by atoms with Crippen LogP contribution in [0.2, 0.25) is 0 Å². The fourth-order valence-electron chi connectivity index (χ4n) is 2.60. The molecule has 0 bridgehead atoms. The lowest BCUT2D eigenvalue weighted by Gasteiger charge is -2.11. The largest absolute Gasteiger partial charge is 0.605 e. The molecule has 0 saturated carbocycles. The zero-order valence-electron chi connectivity index (χ0n) is 13.2. The van der Waals surface area contributed by atoms with Gasteiger partial charge in [0.25, 0.3) is 0 Å². The van der Waals surface area contributed by atoms with E-state index in [0.717, 1.165) is 16.7 Å². The van der Waals surface area contributed by atoms with Gasteiger partial charge in [-0.2, -0.15) is 14.6 Å². The number of rotatable bonds is 3. The average Bonchev–Trinajstić information content (AvgIpc) is 3.07. The molecule has 0 amide bonds. The number of aryl methyl sites for hydroxylation is 1. The molecule has 8 heteroatoms. The Morgan fingerprint density at radius 3 is 2.76 bits per heavy atom. The van der Waals surface area contributed by atoms with Crippen molar-refractivity contribution in [3.05, 3.63) is 60.7 Å². The molecule has 0 aliphatic heterocycles. The van der Waals surface area contributed by atoms with Gasteiger partial charge < -0.3 is 9.66 Å². The molecule has 1 aromatic carbocycles. The van der Waals surface area contributed by atoms with Crippen LogP contribution in [0.5, 0.6) is 6.01 Å². The van der Waals surface area contributed by atoms with Crippen LogP contribution in [0, 0.1) is 6.92 Å². The Bertz CT molecular complexity index is 1050. The molecule has 0 spiro atoms. The zero-order valence-corrected chi connectivity index (χ0v) is 14.0. The van der Waals surface area contributed by atoms with Crippen LogP contribution in [-0.4, -0.2) is 34.2 Å². The molecule has 4 aromatic rings. The number of nitrogens with zero attached hydrogens (tertiary/aromatic N) is 5. The van der Waals surface area contributed by atoms with Crippen molar-refractivity contribution in [2.24, 2.45) is 0 Å². The molecular weight excluding hydrogens is 338 g/mol. The fraction of sp³-hybridized carbons (Fsp3) is 0.0588. The van der Waals surface area contributed by atoms with E-state index < -0.39 is 11.2 Å². The van der Waals surface area contributed by atoms with Crippen LogP contribution in [0.1, 0.15) is 5.56 Å². The summed E-state index contributed by atoms with van der Waals surface area (Å²) in [6.07, 6.45) is 4.53. The van der Waals surface area contributed by atoms with E-state index in [2.05, 4.69) is 20.1 Å². The van der Waals surface area contributed by atoms with E-state index in [1.807, 2.05) is 31.2 Å². The van der Waals surface area contributed by atoms with Crippen molar-refractivity contribution in [1.29, 1.82) is 0 Å². The van der Waals surface area contributed by atoms with E-state index in [4.69, 9.17) is 0 Å². The Labute approximate surface area is 146 Å². The summed E-state index contributed by atoms with van der Waals surface area (Å²) in [4.78, 5) is 12.7. The molecule has 3 aromatic heterocycles. The summed E-state index contributed by atoms with van der Waals surface area (Å²) in [5.74, 6) is 0. The third-order valence-electron chi connectivity index (χ3n) is 3.80. The van der Waals surface area contributed by atoms with Gasteiger partial charge in [0.15, 0.2) is 10.5 Å². The maximum Gasteiger partial charge on any atom is 0.318 e. The first-order valence-corrected chi connectivity index (χ1v) is 8.61. The highest BCUT2D eigenvalue weighted by atomic mass is 32.2. The summed E-state index contributed by atoms with van der Waals surface area (Å²) < 4.78 is 14.0. The van der Waals surface area contributed by atoms with Crippen LogP contribution < -0.4 is 0 Å². The Hall–Kier alpha value is -2.97. The van der Waals surface area contributed by atoms with E-state index >= 15 is 0 Å². The monoisotopic (exact) mass is 351 g/mol. The minimum atomic E-state index is -1.34. The summed E-state index contributed by atoms with van der Waals surface area (Å²) in [5.41, 5.74) is 3.01. The predicted molar refractivity (Wildman–Crippen MR) is 91.5 cm³/mol. The van der Waals surface area contributed by atoms with Crippen LogP contribution in [-0.2, 0) is 11.2 Å². The molecule has 1 unspecified atom stereocenters. The van der Waals surface area contributed by atoms with E-state index in [1.54, 1.807) is 24.5 Å². The van der Waals surface area contributed by atoms with Crippen molar-refractivity contribution in [3.63, 3.8) is 0 Å². The Morgan fingerprint density at radius 1 is 1.12 bits per heavy atom. The van der Waals surface area contributed by atoms with Gasteiger partial charge >= 0.3 is 6.01 Å². The van der Waals surface area contributed by atoms with E-state index in [0.29, 0.717) is 15.6 Å². The van der Waals surface area contributed by atoms with Crippen molar-refractivity contribution >= 4 is 16.8 Å². The van der Waals surface area contributed by atoms with E-state index in [9.17, 15) is 9.66 Å². The van der Waals surface area contributed by atoms with Crippen molar-refractivity contribution < 1.29 is 9.66 Å². The fourth-order valence-corrected chi connectivity index (χ4v) is 3.73. The summed E-state index contributed by atoms with van der Waals surface area (Å²) in [7, 11) is 0. The first-order valence-electron chi connectivity index (χ1n) is 7.46. The number of pyridine rings is 1. The number of fused-ring (bicyclic) bond motifs is 1. The van der Waals surface area contributed by atoms with Gasteiger partial charge in [-0.3, -0.25) is 0 Å². The first kappa shape index (κ1) is 15.6. The van der Waals surface area contributed by atoms with Crippen LogP contribution in [0.4, 0.5) is 0 Å². The number of hydrogen-bond acceptors (Lipinski definition) is 6. The highest BCUT2D eigenvalue weighted by Gasteiger charge is 2.20. The van der Waals surface area contributed by atoms with Crippen molar-refractivity contribution in [2.45, 2.75) is 16.8 Å². The SMILES string of the molecule is Cc1cc(-c2cnn3c(O)ncnc23)ccc1[S+]([O-])c1ccccn1. The Balaban J connectivity index is 1.76. The third kappa shape index (κ3) is 2.71. The number of aromatic nitrogens is 5. The molecule has 25 heavy (non-hydrogen) atoms. The van der Waals surface area contributed by atoms with Crippen LogP contribution in [0.3, 0.4) is 0 Å². The number of aromatic hydroxyl groups is 1. The van der Waals surface area contributed by atoms with Gasteiger partial charge in [-0.15, -0.1) is 0 Å². The smallest absolute Gasteiger partial charge is 0.318 e. The lowest BCUT2D eigenvalue weighted by molar-refractivity contribution is 0.411. The maximum absolute atomic E-state index is 12.7. The molecular formula is C17H13N5O2S. The van der Waals surface area contributed by atoms with Gasteiger partial charge in [0.05, 0.1) is 6.20 Å². The second-order valence-corrected chi connectivity index (χ2v) is 6.78. The molecule has 3 heterocycles. The maximum atomic E-state index is 12.7. The number of benzene rings is 1. The standard InChI is InChI=1S/C17H13N5O2S/c1-11-8-12(13-9-21-22-16(13)19-10-20-17(22)23)5-6-14(11)25(24)15-4-2-3-7-18-15/h2-10H,1H3,(H,19,20,23). The van der Waals surface area contributed by atoms with Crippen molar-refractivity contribution in [3.8, 4) is 17.1 Å². The van der Waals surface area contributed by atoms with Gasteiger partial charge in [-0.1, -0.05) is 6.07 Å². The molecule has 4 rings (SSSR count). The van der Waals surface area contributed by atoms with Crippen LogP contribution in [0.25, 0.3) is 16.8 Å². The third-order valence-corrected chi connectivity index (χ3v) is 5.28. The molecule has 0 fully saturated rings. The highest BCUT2D eigenvalue weighted by molar-refractivity contribution is 7.91. The minimum absolute atomic E-state index is 0.221. The lowest BCUT2D eigenvalue weighted by atomic mass is 10.1. The van der Waals surface area contributed by atoms with Crippen LogP contribution >= 0.6 is 0 Å². The van der Waals surface area contributed by atoms with E-state index in [-0.39, 0.29) is 6.01 Å². The first-order chi connectivity index (χ1) is 12.1. The van der Waals surface area contributed by atoms with Gasteiger partial charge in [0, 0.05) is 34.6 Å². The molecule has 0 radical (unpaired) electrons. The topological polar surface area (TPSA) is 99.3 Å². The van der Waals surface area contributed by atoms with Crippen molar-refractivity contribution in [2.75, 3.05) is 0 Å². The normalized spacial score (nSPS) is 12.4. The Morgan fingerprint density at radius 2 is 2.00 bits per heavy atom. The Kier molecular flexibility index (Phi) is 3.83. The summed E-state index contributed by atoms with van der Waals surface area (Å²) in [6.45, 7) is 1.90. The summed E-state index contributed by atoms with van der Waals surface area (Å²) >= 11 is -1.34. The van der Waals surface area contributed by atoms with Gasteiger partial charge in [-0.25, -0.2) is 9.97 Å². The summed E-state index contributed by atoms with van der Waals surface area (Å²) in [5, 5.41) is 14.4. The zero-order chi connectivity index (χ0) is 17.4. The molecule has 0 aliphatic carbocycles.